The van der Waals surface area contributed by atoms with Crippen LogP contribution >= 0.6 is 24.0 Å². The highest BCUT2D eigenvalue weighted by atomic mass is 127. The fourth-order valence-corrected chi connectivity index (χ4v) is 2.43. The van der Waals surface area contributed by atoms with Gasteiger partial charge in [0.25, 0.3) is 0 Å². The van der Waals surface area contributed by atoms with Crippen LogP contribution in [0.3, 0.4) is 0 Å². The maximum atomic E-state index is 14.0. The van der Waals surface area contributed by atoms with E-state index in [1.165, 1.54) is 6.07 Å². The van der Waals surface area contributed by atoms with Gasteiger partial charge in [0.05, 0.1) is 5.60 Å². The van der Waals surface area contributed by atoms with Crippen LogP contribution in [0, 0.1) is 5.82 Å². The lowest BCUT2D eigenvalue weighted by Gasteiger charge is -2.25. The smallest absolute Gasteiger partial charge is 0.191 e. The van der Waals surface area contributed by atoms with Gasteiger partial charge < -0.3 is 15.4 Å². The standard InChI is InChI=1S/C17H26FN3O.HI/c1-16(2,22-4)11-20-15(19-3)21-12-17(9-10-17)13-7-5-6-8-14(13)18;/h5-8H,9-12H2,1-4H3,(H2,19,20,21);1H. The molecule has 2 rings (SSSR count). The number of hydrogen-bond donors (Lipinski definition) is 2. The molecule has 0 radical (unpaired) electrons. The highest BCUT2D eigenvalue weighted by molar-refractivity contribution is 14.0. The third-order valence-corrected chi connectivity index (χ3v) is 4.35. The number of guanidine groups is 1. The van der Waals surface area contributed by atoms with Gasteiger partial charge in [-0.25, -0.2) is 4.39 Å². The maximum absolute atomic E-state index is 14.0. The SMILES string of the molecule is CN=C(NCC(C)(C)OC)NCC1(c2ccccc2F)CC1.I. The Hall–Kier alpha value is -0.890. The van der Waals surface area contributed by atoms with Gasteiger partial charge in [-0.05, 0) is 38.3 Å². The van der Waals surface area contributed by atoms with Gasteiger partial charge in [-0.15, -0.1) is 24.0 Å². The van der Waals surface area contributed by atoms with Gasteiger partial charge in [0.15, 0.2) is 5.96 Å². The molecule has 1 saturated carbocycles. The van der Waals surface area contributed by atoms with Crippen molar-refractivity contribution < 1.29 is 9.13 Å². The zero-order valence-electron chi connectivity index (χ0n) is 14.3. The zero-order valence-corrected chi connectivity index (χ0v) is 16.6. The van der Waals surface area contributed by atoms with Crippen molar-refractivity contribution >= 4 is 29.9 Å². The molecular weight excluding hydrogens is 408 g/mol. The summed E-state index contributed by atoms with van der Waals surface area (Å²) in [6, 6.07) is 7.04. The first-order chi connectivity index (χ1) is 10.4. The second-order valence-corrected chi connectivity index (χ2v) is 6.50. The van der Waals surface area contributed by atoms with Crippen molar-refractivity contribution in [3.63, 3.8) is 0 Å². The van der Waals surface area contributed by atoms with E-state index in [1.54, 1.807) is 20.2 Å². The van der Waals surface area contributed by atoms with E-state index >= 15 is 0 Å². The number of halogens is 2. The Labute approximate surface area is 155 Å². The van der Waals surface area contributed by atoms with Crippen LogP contribution in [-0.4, -0.2) is 38.8 Å². The highest BCUT2D eigenvalue weighted by Crippen LogP contribution is 2.48. The fourth-order valence-electron chi connectivity index (χ4n) is 2.43. The molecule has 1 aromatic rings. The molecule has 1 fully saturated rings. The fraction of sp³-hybridized carbons (Fsp3) is 0.588. The van der Waals surface area contributed by atoms with Crippen LogP contribution in [0.1, 0.15) is 32.3 Å². The Morgan fingerprint density at radius 2 is 1.96 bits per heavy atom. The van der Waals surface area contributed by atoms with Crippen molar-refractivity contribution in [1.29, 1.82) is 0 Å². The molecule has 1 aromatic carbocycles. The predicted molar refractivity (Wildman–Crippen MR) is 103 cm³/mol. The minimum atomic E-state index is -0.263. The molecule has 0 bridgehead atoms. The van der Waals surface area contributed by atoms with E-state index in [0.29, 0.717) is 19.0 Å². The molecule has 4 nitrogen and oxygen atoms in total. The summed E-state index contributed by atoms with van der Waals surface area (Å²) >= 11 is 0. The van der Waals surface area contributed by atoms with Gasteiger partial charge in [0, 0.05) is 32.7 Å². The number of methoxy groups -OCH3 is 1. The number of benzene rings is 1. The largest absolute Gasteiger partial charge is 0.377 e. The van der Waals surface area contributed by atoms with E-state index in [0.717, 1.165) is 18.4 Å². The van der Waals surface area contributed by atoms with E-state index in [-0.39, 0.29) is 40.8 Å². The second-order valence-electron chi connectivity index (χ2n) is 6.50. The van der Waals surface area contributed by atoms with Gasteiger partial charge in [0.1, 0.15) is 5.82 Å². The molecule has 0 amide bonds. The normalized spacial score (nSPS) is 16.5. The molecule has 0 atom stereocenters. The first kappa shape index (κ1) is 20.2. The van der Waals surface area contributed by atoms with Gasteiger partial charge in [0.2, 0.25) is 0 Å². The lowest BCUT2D eigenvalue weighted by atomic mass is 9.95. The van der Waals surface area contributed by atoms with Crippen LogP contribution in [0.5, 0.6) is 0 Å². The Bertz CT molecular complexity index is 544. The summed E-state index contributed by atoms with van der Waals surface area (Å²) in [5, 5.41) is 6.56. The molecule has 0 unspecified atom stereocenters. The Morgan fingerprint density at radius 3 is 2.48 bits per heavy atom. The van der Waals surface area contributed by atoms with Crippen LogP contribution in [0.15, 0.2) is 29.3 Å². The van der Waals surface area contributed by atoms with Crippen molar-refractivity contribution in [2.24, 2.45) is 4.99 Å². The molecule has 1 aliphatic rings. The lowest BCUT2D eigenvalue weighted by molar-refractivity contribution is 0.0268. The van der Waals surface area contributed by atoms with Crippen LogP contribution in [0.2, 0.25) is 0 Å². The summed E-state index contributed by atoms with van der Waals surface area (Å²) in [5.74, 6) is 0.595. The van der Waals surface area contributed by atoms with Crippen molar-refractivity contribution in [1.82, 2.24) is 10.6 Å². The Kier molecular flexibility index (Phi) is 7.26. The van der Waals surface area contributed by atoms with E-state index in [4.69, 9.17) is 4.74 Å². The highest BCUT2D eigenvalue weighted by Gasteiger charge is 2.45. The molecule has 0 saturated heterocycles. The van der Waals surface area contributed by atoms with E-state index in [9.17, 15) is 4.39 Å². The number of nitrogens with one attached hydrogen (secondary N) is 2. The van der Waals surface area contributed by atoms with Gasteiger partial charge in [-0.2, -0.15) is 0 Å². The maximum Gasteiger partial charge on any atom is 0.191 e. The first-order valence-corrected chi connectivity index (χ1v) is 7.67. The average molecular weight is 435 g/mol. The molecule has 1 aliphatic carbocycles. The van der Waals surface area contributed by atoms with Crippen molar-refractivity contribution in [3.8, 4) is 0 Å². The molecule has 0 aliphatic heterocycles. The number of nitrogens with zero attached hydrogens (tertiary/aromatic N) is 1. The molecular formula is C17H27FIN3O. The van der Waals surface area contributed by atoms with Crippen LogP contribution in [0.25, 0.3) is 0 Å². The summed E-state index contributed by atoms with van der Waals surface area (Å²) in [6.45, 7) is 5.35. The summed E-state index contributed by atoms with van der Waals surface area (Å²) in [6.07, 6.45) is 2.00. The average Bonchev–Trinajstić information content (AvgIpc) is 3.29. The topological polar surface area (TPSA) is 45.7 Å². The number of ether oxygens (including phenoxy) is 1. The van der Waals surface area contributed by atoms with Crippen LogP contribution < -0.4 is 10.6 Å². The van der Waals surface area contributed by atoms with E-state index in [1.807, 2.05) is 26.0 Å². The van der Waals surface area contributed by atoms with Crippen molar-refractivity contribution in [2.75, 3.05) is 27.2 Å². The van der Waals surface area contributed by atoms with Crippen molar-refractivity contribution in [2.45, 2.75) is 37.7 Å². The quantitative estimate of drug-likeness (QED) is 0.410. The van der Waals surface area contributed by atoms with Crippen LogP contribution in [-0.2, 0) is 10.2 Å². The lowest BCUT2D eigenvalue weighted by Crippen LogP contribution is -2.47. The summed E-state index contributed by atoms with van der Waals surface area (Å²) in [4.78, 5) is 4.22. The molecule has 0 aromatic heterocycles. The number of rotatable bonds is 6. The van der Waals surface area contributed by atoms with E-state index in [2.05, 4.69) is 15.6 Å². The third-order valence-electron chi connectivity index (χ3n) is 4.35. The monoisotopic (exact) mass is 435 g/mol. The number of aliphatic imine (C=N–C) groups is 1. The molecule has 23 heavy (non-hydrogen) atoms. The third kappa shape index (κ3) is 5.31. The minimum Gasteiger partial charge on any atom is -0.377 e. The minimum absolute atomic E-state index is 0. The van der Waals surface area contributed by atoms with E-state index < -0.39 is 0 Å². The van der Waals surface area contributed by atoms with Gasteiger partial charge >= 0.3 is 0 Å². The van der Waals surface area contributed by atoms with Gasteiger partial charge in [-0.1, -0.05) is 18.2 Å². The molecule has 6 heteroatoms. The summed E-state index contributed by atoms with van der Waals surface area (Å²) < 4.78 is 19.4. The molecule has 0 spiro atoms. The van der Waals surface area contributed by atoms with Gasteiger partial charge in [-0.3, -0.25) is 4.99 Å². The Balaban J connectivity index is 0.00000264. The van der Waals surface area contributed by atoms with Crippen molar-refractivity contribution in [3.05, 3.63) is 35.6 Å². The number of hydrogen-bond acceptors (Lipinski definition) is 2. The molecule has 0 heterocycles. The second kappa shape index (κ2) is 8.28. The Morgan fingerprint density at radius 1 is 1.30 bits per heavy atom. The van der Waals surface area contributed by atoms with Crippen LogP contribution in [0.4, 0.5) is 4.39 Å². The zero-order chi connectivity index (χ0) is 16.2. The predicted octanol–water partition coefficient (Wildman–Crippen LogP) is 3.07. The first-order valence-electron chi connectivity index (χ1n) is 7.67. The summed E-state index contributed by atoms with van der Waals surface area (Å²) in [5.41, 5.74) is 0.440. The molecule has 130 valence electrons. The molecule has 2 N–H and O–H groups in total. The summed E-state index contributed by atoms with van der Waals surface area (Å²) in [7, 11) is 3.42.